The molecule has 0 saturated heterocycles. The number of nitrogens with zero attached hydrogens (tertiary/aromatic N) is 1. The third kappa shape index (κ3) is 1.61. The van der Waals surface area contributed by atoms with E-state index < -0.39 is 0 Å². The van der Waals surface area contributed by atoms with Crippen molar-refractivity contribution in [2.24, 2.45) is 4.99 Å². The molecule has 66 valence electrons. The first kappa shape index (κ1) is 7.68. The first-order valence-electron chi connectivity index (χ1n) is 4.12. The van der Waals surface area contributed by atoms with Crippen LogP contribution in [0.1, 0.15) is 6.92 Å². The molecule has 0 aromatic heterocycles. The molecule has 0 aromatic carbocycles. The zero-order chi connectivity index (χ0) is 10.0. The summed E-state index contributed by atoms with van der Waals surface area (Å²) in [6, 6.07) is 0. The molecule has 0 spiro atoms. The standard InChI is InChI=1S/C8H12ClN3/c1-4-6-7(9)11-5(2)12-8(6)10-3/h4-5,11H,1H2,2-3H3,(H,10,12)/i/hD. The van der Waals surface area contributed by atoms with Crippen LogP contribution in [0.4, 0.5) is 0 Å². The van der Waals surface area contributed by atoms with Gasteiger partial charge in [0, 0.05) is 7.05 Å². The van der Waals surface area contributed by atoms with Crippen molar-refractivity contribution in [3.63, 3.8) is 0 Å². The Bertz CT molecular complexity index is 285. The van der Waals surface area contributed by atoms with Crippen LogP contribution >= 0.6 is 11.6 Å². The van der Waals surface area contributed by atoms with Gasteiger partial charge in [0.25, 0.3) is 0 Å². The van der Waals surface area contributed by atoms with Gasteiger partial charge in [-0.15, -0.1) is 0 Å². The van der Waals surface area contributed by atoms with E-state index in [1.807, 2.05) is 0 Å². The predicted octanol–water partition coefficient (Wildman–Crippen LogP) is 1.19. The fourth-order valence-corrected chi connectivity index (χ4v) is 1.30. The normalized spacial score (nSPS) is 24.9. The van der Waals surface area contributed by atoms with Crippen LogP contribution in [0.25, 0.3) is 0 Å². The van der Waals surface area contributed by atoms with Gasteiger partial charge in [0.15, 0.2) is 1.41 Å². The predicted molar refractivity (Wildman–Crippen MR) is 52.2 cm³/mol. The average Bonchev–Trinajstić information content (AvgIpc) is 2.13. The number of nitrogens with one attached hydrogen (secondary N) is 2. The number of amidine groups is 1. The number of hydrogen-bond donors (Lipinski definition) is 2. The Kier molecular flexibility index (Phi) is 2.32. The smallest absolute Gasteiger partial charge is 0.163 e. The first-order valence-corrected chi connectivity index (χ1v) is 4.05. The highest BCUT2D eigenvalue weighted by Gasteiger charge is 2.15. The minimum atomic E-state index is -0.265. The summed E-state index contributed by atoms with van der Waals surface area (Å²) in [5.41, 5.74) is 0.664. The molecule has 0 aromatic rings. The first-order chi connectivity index (χ1) is 6.11. The van der Waals surface area contributed by atoms with Gasteiger partial charge in [0.05, 0.1) is 5.57 Å². The fourth-order valence-electron chi connectivity index (χ4n) is 0.997. The molecule has 1 heterocycles. The van der Waals surface area contributed by atoms with E-state index in [4.69, 9.17) is 13.0 Å². The Morgan fingerprint density at radius 3 is 3.08 bits per heavy atom. The zero-order valence-electron chi connectivity index (χ0n) is 8.13. The van der Waals surface area contributed by atoms with Crippen LogP contribution in [0.2, 0.25) is 1.41 Å². The third-order valence-corrected chi connectivity index (χ3v) is 1.84. The van der Waals surface area contributed by atoms with E-state index >= 15 is 0 Å². The van der Waals surface area contributed by atoms with E-state index in [1.165, 1.54) is 0 Å². The maximum absolute atomic E-state index is 7.54. The summed E-state index contributed by atoms with van der Waals surface area (Å²) in [6.45, 7) is 5.42. The summed E-state index contributed by atoms with van der Waals surface area (Å²) >= 11 is 5.93. The van der Waals surface area contributed by atoms with Gasteiger partial charge in [-0.2, -0.15) is 0 Å². The highest BCUT2D eigenvalue weighted by atomic mass is 35.5. The number of aliphatic imine (C=N–C) groups is 1. The van der Waals surface area contributed by atoms with Crippen molar-refractivity contribution in [1.82, 2.24) is 10.6 Å². The average molecular weight is 187 g/mol. The summed E-state index contributed by atoms with van der Waals surface area (Å²) in [6.07, 6.45) is 1.32. The molecule has 3 nitrogen and oxygen atoms in total. The van der Waals surface area contributed by atoms with Gasteiger partial charge >= 0.3 is 0 Å². The topological polar surface area (TPSA) is 36.4 Å². The second kappa shape index (κ2) is 3.63. The maximum Gasteiger partial charge on any atom is 0.163 e. The zero-order valence-corrected chi connectivity index (χ0v) is 7.89. The molecule has 1 unspecified atom stereocenters. The van der Waals surface area contributed by atoms with E-state index in [0.717, 1.165) is 5.31 Å². The number of halogens is 1. The Morgan fingerprint density at radius 2 is 2.58 bits per heavy atom. The SMILES string of the molecule is [2H]N1C(Cl)=C(C=C)C(NC)=NC1C. The molecule has 0 radical (unpaired) electrons. The monoisotopic (exact) mass is 186 g/mol. The van der Waals surface area contributed by atoms with Gasteiger partial charge < -0.3 is 10.6 Å². The Morgan fingerprint density at radius 1 is 1.92 bits per heavy atom. The van der Waals surface area contributed by atoms with Crippen LogP contribution in [0, 0.1) is 0 Å². The van der Waals surface area contributed by atoms with Crippen LogP contribution in [-0.2, 0) is 0 Å². The van der Waals surface area contributed by atoms with Crippen molar-refractivity contribution in [3.8, 4) is 0 Å². The molecule has 1 aliphatic rings. The van der Waals surface area contributed by atoms with Crippen molar-refractivity contribution in [2.75, 3.05) is 7.05 Å². The molecule has 2 N–H and O–H groups in total. The van der Waals surface area contributed by atoms with E-state index in [2.05, 4.69) is 16.9 Å². The molecule has 1 atom stereocenters. The molecule has 4 heteroatoms. The van der Waals surface area contributed by atoms with Crippen LogP contribution in [-0.4, -0.2) is 19.0 Å². The van der Waals surface area contributed by atoms with E-state index in [0.29, 0.717) is 16.6 Å². The number of hydrogen-bond acceptors (Lipinski definition) is 3. The van der Waals surface area contributed by atoms with Gasteiger partial charge in [-0.05, 0) is 6.92 Å². The molecule has 1 aliphatic heterocycles. The minimum Gasteiger partial charge on any atom is -0.373 e. The summed E-state index contributed by atoms with van der Waals surface area (Å²) in [4.78, 5) is 4.21. The lowest BCUT2D eigenvalue weighted by Crippen LogP contribution is -2.34. The summed E-state index contributed by atoms with van der Waals surface area (Å²) < 4.78 is 7.54. The lowest BCUT2D eigenvalue weighted by atomic mass is 10.2. The lowest BCUT2D eigenvalue weighted by molar-refractivity contribution is 0.648. The summed E-state index contributed by atoms with van der Waals surface area (Å²) in [5, 5.41) is 4.41. The van der Waals surface area contributed by atoms with E-state index in [-0.39, 0.29) is 6.17 Å². The maximum atomic E-state index is 7.54. The van der Waals surface area contributed by atoms with Crippen molar-refractivity contribution < 1.29 is 1.41 Å². The Hall–Kier alpha value is -0.960. The van der Waals surface area contributed by atoms with Gasteiger partial charge in [-0.1, -0.05) is 24.3 Å². The lowest BCUT2D eigenvalue weighted by Gasteiger charge is -2.20. The second-order valence-corrected chi connectivity index (χ2v) is 2.76. The van der Waals surface area contributed by atoms with E-state index in [1.54, 1.807) is 20.0 Å². The summed E-state index contributed by atoms with van der Waals surface area (Å²) in [7, 11) is 1.76. The van der Waals surface area contributed by atoms with Crippen molar-refractivity contribution in [3.05, 3.63) is 23.4 Å². The van der Waals surface area contributed by atoms with Gasteiger partial charge in [0.2, 0.25) is 0 Å². The molecule has 0 fully saturated rings. The van der Waals surface area contributed by atoms with Crippen molar-refractivity contribution >= 4 is 17.4 Å². The minimum absolute atomic E-state index is 0.265. The molecule has 0 amide bonds. The number of rotatable bonds is 1. The van der Waals surface area contributed by atoms with E-state index in [9.17, 15) is 0 Å². The fraction of sp³-hybridized carbons (Fsp3) is 0.375. The molecule has 1 rings (SSSR count). The van der Waals surface area contributed by atoms with Crippen LogP contribution in [0.5, 0.6) is 0 Å². The molecular weight excluding hydrogens is 174 g/mol. The van der Waals surface area contributed by atoms with Gasteiger partial charge in [-0.3, -0.25) is 0 Å². The highest BCUT2D eigenvalue weighted by Crippen LogP contribution is 2.14. The third-order valence-electron chi connectivity index (χ3n) is 1.53. The molecular formula is C8H12ClN3. The molecule has 12 heavy (non-hydrogen) atoms. The van der Waals surface area contributed by atoms with Crippen LogP contribution in [0.15, 0.2) is 28.4 Å². The highest BCUT2D eigenvalue weighted by molar-refractivity contribution is 6.32. The largest absolute Gasteiger partial charge is 0.373 e. The van der Waals surface area contributed by atoms with Crippen LogP contribution in [0.3, 0.4) is 0 Å². The second-order valence-electron chi connectivity index (χ2n) is 2.40. The van der Waals surface area contributed by atoms with Crippen molar-refractivity contribution in [1.29, 1.82) is 0 Å². The quantitative estimate of drug-likeness (QED) is 0.604. The number of likely N-dealkylation sites (N-methyl/N-ethyl adjacent to an activating group) is 1. The Labute approximate surface area is 78.7 Å². The molecule has 0 bridgehead atoms. The molecule has 0 aliphatic carbocycles. The Balaban J connectivity index is 3.11. The van der Waals surface area contributed by atoms with Crippen molar-refractivity contribution in [2.45, 2.75) is 13.1 Å². The van der Waals surface area contributed by atoms with Gasteiger partial charge in [-0.25, -0.2) is 4.99 Å². The van der Waals surface area contributed by atoms with Gasteiger partial charge in [0.1, 0.15) is 17.2 Å². The molecule has 0 saturated carbocycles. The van der Waals surface area contributed by atoms with Crippen LogP contribution < -0.4 is 10.6 Å². The summed E-state index contributed by atoms with van der Waals surface area (Å²) in [5.74, 6) is 0.677.